The molecule has 0 aromatic carbocycles. The second-order valence-electron chi connectivity index (χ2n) is 5.81. The van der Waals surface area contributed by atoms with Crippen LogP contribution in [0, 0.1) is 11.8 Å². The maximum Gasteiger partial charge on any atom is 0.326 e. The summed E-state index contributed by atoms with van der Waals surface area (Å²) in [5, 5.41) is 11.9. The van der Waals surface area contributed by atoms with Crippen molar-refractivity contribution < 1.29 is 14.7 Å². The van der Waals surface area contributed by atoms with E-state index in [9.17, 15) is 14.7 Å². The van der Waals surface area contributed by atoms with Gasteiger partial charge in [0.1, 0.15) is 6.04 Å². The van der Waals surface area contributed by atoms with Crippen LogP contribution in [0.25, 0.3) is 0 Å². The molecule has 0 saturated heterocycles. The van der Waals surface area contributed by atoms with E-state index >= 15 is 0 Å². The molecule has 1 atom stereocenters. The SMILES string of the molecule is CCC1CCC(C(=O)NC(Cc2cnc[nH]2)C(=O)O)CC1. The first-order valence-corrected chi connectivity index (χ1v) is 7.60. The molecule has 1 saturated carbocycles. The summed E-state index contributed by atoms with van der Waals surface area (Å²) in [7, 11) is 0. The number of carboxylic acids is 1. The average molecular weight is 293 g/mol. The molecule has 6 heteroatoms. The van der Waals surface area contributed by atoms with Crippen LogP contribution in [0.4, 0.5) is 0 Å². The molecule has 1 unspecified atom stereocenters. The molecule has 2 rings (SSSR count). The molecule has 0 bridgehead atoms. The number of nitrogens with one attached hydrogen (secondary N) is 2. The number of H-pyrrole nitrogens is 1. The molecular weight excluding hydrogens is 270 g/mol. The van der Waals surface area contributed by atoms with Crippen molar-refractivity contribution in [2.24, 2.45) is 11.8 Å². The second kappa shape index (κ2) is 7.24. The van der Waals surface area contributed by atoms with Gasteiger partial charge in [-0.2, -0.15) is 0 Å². The van der Waals surface area contributed by atoms with E-state index in [0.717, 1.165) is 32.1 Å². The third kappa shape index (κ3) is 4.31. The van der Waals surface area contributed by atoms with E-state index in [-0.39, 0.29) is 18.2 Å². The van der Waals surface area contributed by atoms with Crippen molar-refractivity contribution in [1.29, 1.82) is 0 Å². The molecule has 116 valence electrons. The summed E-state index contributed by atoms with van der Waals surface area (Å²) in [6.07, 6.45) is 8.31. The molecule has 1 fully saturated rings. The Balaban J connectivity index is 1.88. The number of carbonyl (C=O) groups is 2. The maximum absolute atomic E-state index is 12.2. The number of carboxylic acid groups (broad SMARTS) is 1. The van der Waals surface area contributed by atoms with Crippen molar-refractivity contribution in [2.45, 2.75) is 51.5 Å². The second-order valence-corrected chi connectivity index (χ2v) is 5.81. The molecule has 1 amide bonds. The Morgan fingerprint density at radius 3 is 2.67 bits per heavy atom. The van der Waals surface area contributed by atoms with Crippen molar-refractivity contribution in [3.8, 4) is 0 Å². The normalized spacial score (nSPS) is 23.5. The summed E-state index contributed by atoms with van der Waals surface area (Å²) in [6, 6.07) is -0.901. The zero-order valence-corrected chi connectivity index (χ0v) is 12.3. The van der Waals surface area contributed by atoms with Crippen molar-refractivity contribution in [3.63, 3.8) is 0 Å². The average Bonchev–Trinajstić information content (AvgIpc) is 2.99. The van der Waals surface area contributed by atoms with Gasteiger partial charge >= 0.3 is 5.97 Å². The fraction of sp³-hybridized carbons (Fsp3) is 0.667. The first-order valence-electron chi connectivity index (χ1n) is 7.60. The lowest BCUT2D eigenvalue weighted by Gasteiger charge is -2.27. The van der Waals surface area contributed by atoms with Crippen LogP contribution in [0.2, 0.25) is 0 Å². The van der Waals surface area contributed by atoms with Crippen LogP contribution in [0.1, 0.15) is 44.7 Å². The van der Waals surface area contributed by atoms with Crippen LogP contribution in [0.15, 0.2) is 12.5 Å². The molecule has 21 heavy (non-hydrogen) atoms. The summed E-state index contributed by atoms with van der Waals surface area (Å²) >= 11 is 0. The number of hydrogen-bond acceptors (Lipinski definition) is 3. The highest BCUT2D eigenvalue weighted by Crippen LogP contribution is 2.30. The summed E-state index contributed by atoms with van der Waals surface area (Å²) in [5.74, 6) is -0.470. The Bertz CT molecular complexity index is 465. The number of aliphatic carboxylic acids is 1. The van der Waals surface area contributed by atoms with E-state index < -0.39 is 12.0 Å². The van der Waals surface area contributed by atoms with E-state index in [1.807, 2.05) is 0 Å². The number of aromatic amines is 1. The van der Waals surface area contributed by atoms with Crippen molar-refractivity contribution >= 4 is 11.9 Å². The van der Waals surface area contributed by atoms with Gasteiger partial charge in [-0.1, -0.05) is 13.3 Å². The fourth-order valence-corrected chi connectivity index (χ4v) is 2.94. The number of hydrogen-bond donors (Lipinski definition) is 3. The van der Waals surface area contributed by atoms with Gasteiger partial charge in [0.15, 0.2) is 0 Å². The molecule has 0 aliphatic heterocycles. The number of nitrogens with zero attached hydrogens (tertiary/aromatic N) is 1. The Labute approximate surface area is 124 Å². The number of amides is 1. The van der Waals surface area contributed by atoms with Crippen LogP contribution in [-0.4, -0.2) is 33.0 Å². The fourth-order valence-electron chi connectivity index (χ4n) is 2.94. The number of rotatable bonds is 6. The molecular formula is C15H23N3O3. The van der Waals surface area contributed by atoms with Gasteiger partial charge in [0.05, 0.1) is 6.33 Å². The van der Waals surface area contributed by atoms with Crippen molar-refractivity contribution in [3.05, 3.63) is 18.2 Å². The monoisotopic (exact) mass is 293 g/mol. The van der Waals surface area contributed by atoms with Crippen LogP contribution in [-0.2, 0) is 16.0 Å². The summed E-state index contributed by atoms with van der Waals surface area (Å²) in [5.41, 5.74) is 0.706. The Morgan fingerprint density at radius 2 is 2.14 bits per heavy atom. The highest BCUT2D eigenvalue weighted by molar-refractivity contribution is 5.85. The quantitative estimate of drug-likeness (QED) is 0.744. The van der Waals surface area contributed by atoms with E-state index in [0.29, 0.717) is 11.6 Å². The molecule has 1 heterocycles. The van der Waals surface area contributed by atoms with Gasteiger partial charge in [-0.15, -0.1) is 0 Å². The van der Waals surface area contributed by atoms with Crippen LogP contribution >= 0.6 is 0 Å². The zero-order chi connectivity index (χ0) is 15.2. The first kappa shape index (κ1) is 15.5. The highest BCUT2D eigenvalue weighted by atomic mass is 16.4. The van der Waals surface area contributed by atoms with Gasteiger partial charge in [-0.05, 0) is 31.6 Å². The number of imidazole rings is 1. The number of aromatic nitrogens is 2. The smallest absolute Gasteiger partial charge is 0.326 e. The minimum Gasteiger partial charge on any atom is -0.480 e. The maximum atomic E-state index is 12.2. The third-order valence-corrected chi connectivity index (χ3v) is 4.39. The third-order valence-electron chi connectivity index (χ3n) is 4.39. The molecule has 1 aliphatic rings. The van der Waals surface area contributed by atoms with E-state index in [2.05, 4.69) is 22.2 Å². The minimum atomic E-state index is -1.01. The first-order chi connectivity index (χ1) is 10.1. The largest absolute Gasteiger partial charge is 0.480 e. The lowest BCUT2D eigenvalue weighted by molar-refractivity contribution is -0.142. The summed E-state index contributed by atoms with van der Waals surface area (Å²) in [6.45, 7) is 2.18. The molecule has 1 aromatic rings. The van der Waals surface area contributed by atoms with Gasteiger partial charge in [-0.3, -0.25) is 4.79 Å². The lowest BCUT2D eigenvalue weighted by atomic mass is 9.80. The Morgan fingerprint density at radius 1 is 1.43 bits per heavy atom. The number of carbonyl (C=O) groups excluding carboxylic acids is 1. The molecule has 0 spiro atoms. The highest BCUT2D eigenvalue weighted by Gasteiger charge is 2.29. The van der Waals surface area contributed by atoms with E-state index in [1.54, 1.807) is 6.20 Å². The molecule has 1 aliphatic carbocycles. The van der Waals surface area contributed by atoms with Crippen LogP contribution in [0.3, 0.4) is 0 Å². The summed E-state index contributed by atoms with van der Waals surface area (Å²) in [4.78, 5) is 30.3. The van der Waals surface area contributed by atoms with Gasteiger partial charge in [-0.25, -0.2) is 9.78 Å². The topological polar surface area (TPSA) is 95.1 Å². The van der Waals surface area contributed by atoms with Crippen LogP contribution < -0.4 is 5.32 Å². The minimum absolute atomic E-state index is 0.0450. The standard InChI is InChI=1S/C15H23N3O3/c1-2-10-3-5-11(6-4-10)14(19)18-13(15(20)21)7-12-8-16-9-17-12/h8-11,13H,2-7H2,1H3,(H,16,17)(H,18,19)(H,20,21). The van der Waals surface area contributed by atoms with Gasteiger partial charge in [0.2, 0.25) is 5.91 Å². The molecule has 6 nitrogen and oxygen atoms in total. The van der Waals surface area contributed by atoms with Crippen molar-refractivity contribution in [1.82, 2.24) is 15.3 Å². The molecule has 1 aromatic heterocycles. The predicted molar refractivity (Wildman–Crippen MR) is 77.6 cm³/mol. The molecule has 3 N–H and O–H groups in total. The van der Waals surface area contributed by atoms with Gasteiger partial charge < -0.3 is 15.4 Å². The van der Waals surface area contributed by atoms with Crippen LogP contribution in [0.5, 0.6) is 0 Å². The zero-order valence-electron chi connectivity index (χ0n) is 12.3. The van der Waals surface area contributed by atoms with E-state index in [1.165, 1.54) is 6.33 Å². The molecule has 0 radical (unpaired) electrons. The Hall–Kier alpha value is -1.85. The van der Waals surface area contributed by atoms with Gasteiger partial charge in [0.25, 0.3) is 0 Å². The lowest BCUT2D eigenvalue weighted by Crippen LogP contribution is -2.45. The van der Waals surface area contributed by atoms with Gasteiger partial charge in [0, 0.05) is 24.2 Å². The van der Waals surface area contributed by atoms with E-state index in [4.69, 9.17) is 0 Å². The summed E-state index contributed by atoms with van der Waals surface area (Å²) < 4.78 is 0. The Kier molecular flexibility index (Phi) is 5.36. The predicted octanol–water partition coefficient (Wildman–Crippen LogP) is 1.74. The van der Waals surface area contributed by atoms with Crippen molar-refractivity contribution in [2.75, 3.05) is 0 Å².